The van der Waals surface area contributed by atoms with Crippen LogP contribution in [0.1, 0.15) is 11.1 Å². The fourth-order valence-electron chi connectivity index (χ4n) is 2.98. The van der Waals surface area contributed by atoms with E-state index in [0.717, 1.165) is 26.5 Å². The van der Waals surface area contributed by atoms with Crippen LogP contribution in [0.3, 0.4) is 0 Å². The molecule has 0 fully saturated rings. The van der Waals surface area contributed by atoms with E-state index in [9.17, 15) is 10.1 Å². The summed E-state index contributed by atoms with van der Waals surface area (Å²) < 4.78 is 3.10. The Labute approximate surface area is 186 Å². The van der Waals surface area contributed by atoms with Gasteiger partial charge >= 0.3 is 0 Å². The number of benzene rings is 3. The molecule has 0 bridgehead atoms. The lowest BCUT2D eigenvalue weighted by Crippen LogP contribution is -2.04. The summed E-state index contributed by atoms with van der Waals surface area (Å²) in [5, 5.41) is 20.6. The van der Waals surface area contributed by atoms with Crippen LogP contribution in [-0.4, -0.2) is 19.7 Å². The number of thioether (sulfide) groups is 1. The lowest BCUT2D eigenvalue weighted by molar-refractivity contribution is -0.384. The molecule has 0 saturated carbocycles. The first-order valence-electron chi connectivity index (χ1n) is 9.19. The van der Waals surface area contributed by atoms with Gasteiger partial charge in [0, 0.05) is 27.9 Å². The Bertz CT molecular complexity index is 1150. The minimum atomic E-state index is -0.405. The van der Waals surface area contributed by atoms with Gasteiger partial charge in [0.05, 0.1) is 11.5 Å². The third-order valence-electron chi connectivity index (χ3n) is 4.52. The zero-order chi connectivity index (χ0) is 20.9. The maximum atomic E-state index is 11.0. The van der Waals surface area contributed by atoms with E-state index in [4.69, 9.17) is 0 Å². The number of rotatable bonds is 7. The van der Waals surface area contributed by atoms with E-state index < -0.39 is 4.92 Å². The van der Waals surface area contributed by atoms with Gasteiger partial charge in [0.25, 0.3) is 5.69 Å². The highest BCUT2D eigenvalue weighted by Crippen LogP contribution is 2.28. The summed E-state index contributed by atoms with van der Waals surface area (Å²) in [7, 11) is 0. The molecule has 1 aromatic heterocycles. The van der Waals surface area contributed by atoms with Crippen molar-refractivity contribution in [1.29, 1.82) is 0 Å². The average molecular weight is 481 g/mol. The van der Waals surface area contributed by atoms with Gasteiger partial charge in [-0.15, -0.1) is 10.2 Å². The first-order valence-corrected chi connectivity index (χ1v) is 11.0. The third-order valence-corrected chi connectivity index (χ3v) is 6.08. The van der Waals surface area contributed by atoms with Crippen molar-refractivity contribution in [2.45, 2.75) is 17.5 Å². The highest BCUT2D eigenvalue weighted by molar-refractivity contribution is 9.10. The molecule has 0 atom stereocenters. The summed E-state index contributed by atoms with van der Waals surface area (Å²) in [5.74, 6) is 1.45. The summed E-state index contributed by atoms with van der Waals surface area (Å²) >= 11 is 5.07. The molecule has 8 heteroatoms. The van der Waals surface area contributed by atoms with Crippen molar-refractivity contribution in [1.82, 2.24) is 14.8 Å². The number of nitro benzene ring substituents is 1. The topological polar surface area (TPSA) is 73.8 Å². The van der Waals surface area contributed by atoms with Crippen LogP contribution >= 0.6 is 27.7 Å². The lowest BCUT2D eigenvalue weighted by atomic mass is 10.2. The number of halogens is 1. The summed E-state index contributed by atoms with van der Waals surface area (Å²) in [5.41, 5.74) is 3.16. The van der Waals surface area contributed by atoms with Crippen molar-refractivity contribution in [2.24, 2.45) is 0 Å². The van der Waals surface area contributed by atoms with E-state index in [1.165, 1.54) is 17.7 Å². The van der Waals surface area contributed by atoms with Gasteiger partial charge in [0.2, 0.25) is 0 Å². The van der Waals surface area contributed by atoms with Crippen LogP contribution < -0.4 is 0 Å². The summed E-state index contributed by atoms with van der Waals surface area (Å²) in [4.78, 5) is 10.6. The molecule has 0 saturated heterocycles. The molecule has 150 valence electrons. The second-order valence-corrected chi connectivity index (χ2v) is 8.46. The van der Waals surface area contributed by atoms with Crippen LogP contribution in [0.5, 0.6) is 0 Å². The molecular formula is C22H17BrN4O2S. The highest BCUT2D eigenvalue weighted by atomic mass is 79.9. The fourth-order valence-corrected chi connectivity index (χ4v) is 4.14. The molecule has 4 rings (SSSR count). The molecule has 3 aromatic carbocycles. The predicted molar refractivity (Wildman–Crippen MR) is 121 cm³/mol. The average Bonchev–Trinajstić information content (AvgIpc) is 3.16. The first kappa shape index (κ1) is 20.3. The Morgan fingerprint density at radius 2 is 1.60 bits per heavy atom. The van der Waals surface area contributed by atoms with E-state index in [2.05, 4.69) is 55.0 Å². The van der Waals surface area contributed by atoms with Gasteiger partial charge in [-0.25, -0.2) is 0 Å². The van der Waals surface area contributed by atoms with Crippen LogP contribution in [0.4, 0.5) is 5.69 Å². The molecule has 0 radical (unpaired) electrons. The largest absolute Gasteiger partial charge is 0.298 e. The second-order valence-electron chi connectivity index (χ2n) is 6.60. The molecule has 6 nitrogen and oxygen atoms in total. The normalized spacial score (nSPS) is 10.8. The minimum Gasteiger partial charge on any atom is -0.298 e. The molecule has 1 heterocycles. The number of aromatic nitrogens is 3. The van der Waals surface area contributed by atoms with Gasteiger partial charge in [0.15, 0.2) is 11.0 Å². The standard InChI is InChI=1S/C22H17BrN4O2S/c23-19-10-6-17(7-11-19)15-30-22-25-24-21(18-8-12-20(13-9-18)27(28)29)26(22)14-16-4-2-1-3-5-16/h1-13H,14-15H2. The van der Waals surface area contributed by atoms with Crippen molar-refractivity contribution in [3.8, 4) is 11.4 Å². The van der Waals surface area contributed by atoms with E-state index >= 15 is 0 Å². The number of hydrogen-bond donors (Lipinski definition) is 0. The summed E-state index contributed by atoms with van der Waals surface area (Å²) in [6.07, 6.45) is 0. The summed E-state index contributed by atoms with van der Waals surface area (Å²) in [6.45, 7) is 0.614. The maximum absolute atomic E-state index is 11.0. The van der Waals surface area contributed by atoms with Crippen LogP contribution in [-0.2, 0) is 12.3 Å². The molecule has 0 unspecified atom stereocenters. The van der Waals surface area contributed by atoms with E-state index in [1.807, 2.05) is 30.3 Å². The molecule has 0 aliphatic rings. The van der Waals surface area contributed by atoms with Crippen molar-refractivity contribution in [3.05, 3.63) is 105 Å². The quantitative estimate of drug-likeness (QED) is 0.185. The maximum Gasteiger partial charge on any atom is 0.269 e. The summed E-state index contributed by atoms with van der Waals surface area (Å²) in [6, 6.07) is 24.7. The molecule has 0 aliphatic carbocycles. The van der Waals surface area contributed by atoms with Crippen LogP contribution in [0, 0.1) is 10.1 Å². The van der Waals surface area contributed by atoms with Crippen LogP contribution in [0.25, 0.3) is 11.4 Å². The van der Waals surface area contributed by atoms with E-state index in [0.29, 0.717) is 12.4 Å². The van der Waals surface area contributed by atoms with Gasteiger partial charge in [-0.2, -0.15) is 0 Å². The Hall–Kier alpha value is -2.97. The van der Waals surface area contributed by atoms with Gasteiger partial charge in [-0.05, 0) is 35.4 Å². The van der Waals surface area contributed by atoms with Crippen LogP contribution in [0.2, 0.25) is 0 Å². The number of nitro groups is 1. The minimum absolute atomic E-state index is 0.0534. The molecule has 0 aliphatic heterocycles. The van der Waals surface area contributed by atoms with Crippen molar-refractivity contribution >= 4 is 33.4 Å². The third kappa shape index (κ3) is 4.77. The van der Waals surface area contributed by atoms with Crippen LogP contribution in [0.15, 0.2) is 88.5 Å². The molecule has 4 aromatic rings. The molecular weight excluding hydrogens is 464 g/mol. The number of nitrogens with zero attached hydrogens (tertiary/aromatic N) is 4. The number of non-ortho nitro benzene ring substituents is 1. The first-order chi connectivity index (χ1) is 14.6. The lowest BCUT2D eigenvalue weighted by Gasteiger charge is -2.11. The Morgan fingerprint density at radius 3 is 2.27 bits per heavy atom. The van der Waals surface area contributed by atoms with Gasteiger partial charge < -0.3 is 0 Å². The van der Waals surface area contributed by atoms with Gasteiger partial charge in [-0.3, -0.25) is 14.7 Å². The van der Waals surface area contributed by atoms with Gasteiger partial charge in [0.1, 0.15) is 0 Å². The van der Waals surface area contributed by atoms with Crippen molar-refractivity contribution in [2.75, 3.05) is 0 Å². The Balaban J connectivity index is 1.65. The zero-order valence-corrected chi connectivity index (χ0v) is 18.2. The Kier molecular flexibility index (Phi) is 6.25. The molecule has 0 amide bonds. The van der Waals surface area contributed by atoms with E-state index in [-0.39, 0.29) is 5.69 Å². The zero-order valence-electron chi connectivity index (χ0n) is 15.8. The monoisotopic (exact) mass is 480 g/mol. The van der Waals surface area contributed by atoms with Crippen molar-refractivity contribution < 1.29 is 4.92 Å². The molecule has 30 heavy (non-hydrogen) atoms. The van der Waals surface area contributed by atoms with Crippen molar-refractivity contribution in [3.63, 3.8) is 0 Å². The Morgan fingerprint density at radius 1 is 0.900 bits per heavy atom. The fraction of sp³-hybridized carbons (Fsp3) is 0.0909. The highest BCUT2D eigenvalue weighted by Gasteiger charge is 2.16. The molecule has 0 N–H and O–H groups in total. The molecule has 0 spiro atoms. The smallest absolute Gasteiger partial charge is 0.269 e. The van der Waals surface area contributed by atoms with E-state index in [1.54, 1.807) is 23.9 Å². The number of hydrogen-bond acceptors (Lipinski definition) is 5. The van der Waals surface area contributed by atoms with Gasteiger partial charge in [-0.1, -0.05) is 70.2 Å². The second kappa shape index (κ2) is 9.23. The predicted octanol–water partition coefficient (Wildman–Crippen LogP) is 5.96. The SMILES string of the molecule is O=[N+]([O-])c1ccc(-c2nnc(SCc3ccc(Br)cc3)n2Cc2ccccc2)cc1.